The van der Waals surface area contributed by atoms with E-state index in [-0.39, 0.29) is 6.61 Å². The lowest BCUT2D eigenvalue weighted by atomic mass is 10.0. The molecule has 0 aliphatic rings. The van der Waals surface area contributed by atoms with Crippen LogP contribution in [0.1, 0.15) is 110 Å². The van der Waals surface area contributed by atoms with Gasteiger partial charge in [-0.15, -0.1) is 0 Å². The Hall–Kier alpha value is 0.110. The first-order valence-electron chi connectivity index (χ1n) is 9.76. The summed E-state index contributed by atoms with van der Waals surface area (Å²) in [7, 11) is -4.26. The van der Waals surface area contributed by atoms with Gasteiger partial charge in [0, 0.05) is 0 Å². The van der Waals surface area contributed by atoms with Crippen molar-refractivity contribution in [2.24, 2.45) is 0 Å². The lowest BCUT2D eigenvalue weighted by Crippen LogP contribution is -1.92. The zero-order valence-electron chi connectivity index (χ0n) is 15.2. The second kappa shape index (κ2) is 17.0. The van der Waals surface area contributed by atoms with Crippen molar-refractivity contribution in [2.75, 3.05) is 6.61 Å². The minimum absolute atomic E-state index is 0.169. The fraction of sp³-hybridized carbons (Fsp3) is 1.00. The van der Waals surface area contributed by atoms with Crippen LogP contribution in [0.4, 0.5) is 0 Å². The molecule has 23 heavy (non-hydrogen) atoms. The molecule has 0 fully saturated rings. The van der Waals surface area contributed by atoms with Crippen LogP contribution in [0.3, 0.4) is 0 Å². The number of unbranched alkanes of at least 4 members (excludes halogenated alkanes) is 15. The summed E-state index contributed by atoms with van der Waals surface area (Å²) in [6, 6.07) is 0. The van der Waals surface area contributed by atoms with Gasteiger partial charge in [-0.05, 0) is 6.42 Å². The average molecular weight is 350 g/mol. The zero-order chi connectivity index (χ0) is 17.2. The van der Waals surface area contributed by atoms with E-state index in [1.54, 1.807) is 0 Å². The first kappa shape index (κ1) is 23.1. The maximum atomic E-state index is 10.5. The van der Waals surface area contributed by atoms with Gasteiger partial charge in [-0.1, -0.05) is 103 Å². The Bertz CT molecular complexity index is 278. The highest BCUT2D eigenvalue weighted by molar-refractivity contribution is 7.46. The molecule has 0 aromatic carbocycles. The summed E-state index contributed by atoms with van der Waals surface area (Å²) < 4.78 is 14.9. The van der Waals surface area contributed by atoms with Crippen LogP contribution in [0.2, 0.25) is 0 Å². The lowest BCUT2D eigenvalue weighted by molar-refractivity contribution is 0.193. The van der Waals surface area contributed by atoms with E-state index < -0.39 is 7.82 Å². The van der Waals surface area contributed by atoms with Crippen molar-refractivity contribution in [1.29, 1.82) is 0 Å². The third-order valence-corrected chi connectivity index (χ3v) is 4.78. The highest BCUT2D eigenvalue weighted by Gasteiger charge is 2.12. The van der Waals surface area contributed by atoms with Crippen LogP contribution in [0, 0.1) is 0 Å². The molecule has 0 bridgehead atoms. The van der Waals surface area contributed by atoms with Gasteiger partial charge in [-0.3, -0.25) is 4.52 Å². The van der Waals surface area contributed by atoms with Crippen LogP contribution in [-0.4, -0.2) is 16.4 Å². The van der Waals surface area contributed by atoms with Crippen LogP contribution in [0.5, 0.6) is 0 Å². The molecule has 0 aliphatic heterocycles. The molecule has 2 N–H and O–H groups in total. The third kappa shape index (κ3) is 22.1. The third-order valence-electron chi connectivity index (χ3n) is 4.26. The summed E-state index contributed by atoms with van der Waals surface area (Å²) in [4.78, 5) is 17.1. The second-order valence-corrected chi connectivity index (χ2v) is 7.87. The van der Waals surface area contributed by atoms with Crippen LogP contribution >= 0.6 is 7.82 Å². The molecule has 0 rings (SSSR count). The van der Waals surface area contributed by atoms with Crippen molar-refractivity contribution in [1.82, 2.24) is 0 Å². The van der Waals surface area contributed by atoms with Gasteiger partial charge < -0.3 is 9.79 Å². The highest BCUT2D eigenvalue weighted by Crippen LogP contribution is 2.35. The number of hydrogen-bond acceptors (Lipinski definition) is 2. The molecule has 4 nitrogen and oxygen atoms in total. The van der Waals surface area contributed by atoms with Crippen LogP contribution in [0.25, 0.3) is 0 Å². The van der Waals surface area contributed by atoms with Crippen molar-refractivity contribution >= 4 is 7.82 Å². The Balaban J connectivity index is 3.01. The molecule has 0 spiro atoms. The SMILES string of the molecule is CCCCCCCCCCCCCCCCCCOP(=O)(O)O. The topological polar surface area (TPSA) is 66.8 Å². The quantitative estimate of drug-likeness (QED) is 0.223. The van der Waals surface area contributed by atoms with E-state index in [2.05, 4.69) is 11.4 Å². The summed E-state index contributed by atoms with van der Waals surface area (Å²) in [6.07, 6.45) is 20.7. The molecule has 0 saturated heterocycles. The van der Waals surface area contributed by atoms with Crippen molar-refractivity contribution < 1.29 is 18.9 Å². The van der Waals surface area contributed by atoms with Crippen molar-refractivity contribution in [3.63, 3.8) is 0 Å². The largest absolute Gasteiger partial charge is 0.469 e. The molecule has 0 saturated carbocycles. The molecule has 0 aromatic rings. The van der Waals surface area contributed by atoms with E-state index in [0.717, 1.165) is 19.3 Å². The summed E-state index contributed by atoms with van der Waals surface area (Å²) in [5.74, 6) is 0. The van der Waals surface area contributed by atoms with Crippen LogP contribution in [-0.2, 0) is 9.09 Å². The normalized spacial score (nSPS) is 12.0. The van der Waals surface area contributed by atoms with E-state index in [9.17, 15) is 4.57 Å². The number of phosphoric acid groups is 1. The maximum absolute atomic E-state index is 10.5. The summed E-state index contributed by atoms with van der Waals surface area (Å²) in [5.41, 5.74) is 0. The highest BCUT2D eigenvalue weighted by atomic mass is 31.2. The van der Waals surface area contributed by atoms with E-state index >= 15 is 0 Å². The molecule has 0 atom stereocenters. The minimum Gasteiger partial charge on any atom is -0.303 e. The smallest absolute Gasteiger partial charge is 0.303 e. The van der Waals surface area contributed by atoms with Crippen LogP contribution in [0.15, 0.2) is 0 Å². The van der Waals surface area contributed by atoms with E-state index in [1.165, 1.54) is 83.5 Å². The summed E-state index contributed by atoms with van der Waals surface area (Å²) >= 11 is 0. The van der Waals surface area contributed by atoms with Gasteiger partial charge in [0.05, 0.1) is 6.61 Å². The molecular weight excluding hydrogens is 311 g/mol. The van der Waals surface area contributed by atoms with E-state index in [4.69, 9.17) is 9.79 Å². The molecule has 0 aliphatic carbocycles. The fourth-order valence-corrected chi connectivity index (χ4v) is 3.20. The van der Waals surface area contributed by atoms with Crippen molar-refractivity contribution in [2.45, 2.75) is 110 Å². The van der Waals surface area contributed by atoms with E-state index in [0.29, 0.717) is 0 Å². The van der Waals surface area contributed by atoms with Gasteiger partial charge in [-0.25, -0.2) is 4.57 Å². The summed E-state index contributed by atoms with van der Waals surface area (Å²) in [6.45, 7) is 2.43. The molecular formula is C18H39O4P. The Morgan fingerprint density at radius 3 is 1.22 bits per heavy atom. The molecule has 140 valence electrons. The number of rotatable bonds is 18. The fourth-order valence-electron chi connectivity index (χ4n) is 2.83. The standard InChI is InChI=1S/C18H39O4P/c1-2-3-4-5-6-7-8-9-10-11-12-13-14-15-16-17-18-22-23(19,20)21/h2-18H2,1H3,(H2,19,20,21). The Kier molecular flexibility index (Phi) is 17.0. The minimum atomic E-state index is -4.26. The summed E-state index contributed by atoms with van der Waals surface area (Å²) in [5, 5.41) is 0. The van der Waals surface area contributed by atoms with Gasteiger partial charge in [0.25, 0.3) is 0 Å². The first-order chi connectivity index (χ1) is 11.1. The number of phosphoric ester groups is 1. The van der Waals surface area contributed by atoms with Gasteiger partial charge in [0.1, 0.15) is 0 Å². The maximum Gasteiger partial charge on any atom is 0.469 e. The predicted molar refractivity (Wildman–Crippen MR) is 97.5 cm³/mol. The molecule has 5 heteroatoms. The van der Waals surface area contributed by atoms with E-state index in [1.807, 2.05) is 0 Å². The molecule has 0 amide bonds. The van der Waals surface area contributed by atoms with Gasteiger partial charge in [0.15, 0.2) is 0 Å². The predicted octanol–water partition coefficient (Wildman–Crippen LogP) is 6.36. The Morgan fingerprint density at radius 1 is 0.609 bits per heavy atom. The lowest BCUT2D eigenvalue weighted by Gasteiger charge is -2.05. The number of hydrogen-bond donors (Lipinski definition) is 2. The van der Waals surface area contributed by atoms with Gasteiger partial charge >= 0.3 is 7.82 Å². The monoisotopic (exact) mass is 350 g/mol. The molecule has 0 heterocycles. The van der Waals surface area contributed by atoms with Gasteiger partial charge in [0.2, 0.25) is 0 Å². The van der Waals surface area contributed by atoms with Gasteiger partial charge in [-0.2, -0.15) is 0 Å². The first-order valence-corrected chi connectivity index (χ1v) is 11.3. The Morgan fingerprint density at radius 2 is 0.913 bits per heavy atom. The van der Waals surface area contributed by atoms with Crippen molar-refractivity contribution in [3.8, 4) is 0 Å². The second-order valence-electron chi connectivity index (χ2n) is 6.63. The average Bonchev–Trinajstić information content (AvgIpc) is 2.49. The van der Waals surface area contributed by atoms with Crippen molar-refractivity contribution in [3.05, 3.63) is 0 Å². The molecule has 0 unspecified atom stereocenters. The molecule has 0 aromatic heterocycles. The Labute approximate surface area is 143 Å². The zero-order valence-corrected chi connectivity index (χ0v) is 16.1. The van der Waals surface area contributed by atoms with Crippen LogP contribution < -0.4 is 0 Å². The molecule has 0 radical (unpaired) electrons.